The molecule has 2 N–H and O–H groups in total. The second-order valence-corrected chi connectivity index (χ2v) is 9.73. The molecular formula is C27H29N6O5S+. The van der Waals surface area contributed by atoms with Crippen LogP contribution >= 0.6 is 12.2 Å². The average Bonchev–Trinajstić information content (AvgIpc) is 3.67. The summed E-state index contributed by atoms with van der Waals surface area (Å²) in [5.41, 5.74) is 1.56. The van der Waals surface area contributed by atoms with E-state index in [1.807, 2.05) is 13.0 Å². The van der Waals surface area contributed by atoms with E-state index in [9.17, 15) is 14.4 Å². The third-order valence-corrected chi connectivity index (χ3v) is 7.01. The number of aryl methyl sites for hydroxylation is 1. The van der Waals surface area contributed by atoms with Gasteiger partial charge in [0, 0.05) is 17.3 Å². The van der Waals surface area contributed by atoms with Crippen molar-refractivity contribution >= 4 is 46.6 Å². The zero-order chi connectivity index (χ0) is 27.5. The van der Waals surface area contributed by atoms with Crippen LogP contribution in [-0.2, 0) is 23.2 Å². The summed E-state index contributed by atoms with van der Waals surface area (Å²) in [6.45, 7) is 2.55. The van der Waals surface area contributed by atoms with Crippen molar-refractivity contribution in [3.05, 3.63) is 65.9 Å². The summed E-state index contributed by atoms with van der Waals surface area (Å²) in [6, 6.07) is 15.0. The monoisotopic (exact) mass is 549 g/mol. The molecule has 3 aromatic rings. The number of anilines is 2. The smallest absolute Gasteiger partial charge is 0.307 e. The maximum Gasteiger partial charge on any atom is 0.307 e. The molecule has 0 spiro atoms. The third-order valence-electron chi connectivity index (χ3n) is 6.58. The van der Waals surface area contributed by atoms with Gasteiger partial charge in [-0.05, 0) is 73.1 Å². The molecular weight excluding hydrogens is 520 g/mol. The topological polar surface area (TPSA) is 121 Å². The van der Waals surface area contributed by atoms with Gasteiger partial charge in [0.2, 0.25) is 11.2 Å². The molecule has 0 bridgehead atoms. The van der Waals surface area contributed by atoms with Gasteiger partial charge in [0.25, 0.3) is 17.5 Å². The highest BCUT2D eigenvalue weighted by molar-refractivity contribution is 7.80. The maximum atomic E-state index is 13.5. The first-order valence-electron chi connectivity index (χ1n) is 12.7. The van der Waals surface area contributed by atoms with E-state index in [0.29, 0.717) is 34.4 Å². The quantitative estimate of drug-likeness (QED) is 0.293. The van der Waals surface area contributed by atoms with E-state index in [1.54, 1.807) is 65.4 Å². The molecule has 39 heavy (non-hydrogen) atoms. The van der Waals surface area contributed by atoms with Gasteiger partial charge < -0.3 is 15.0 Å². The van der Waals surface area contributed by atoms with Crippen molar-refractivity contribution in [3.63, 3.8) is 0 Å². The minimum Gasteiger partial charge on any atom is -0.494 e. The maximum absolute atomic E-state index is 13.5. The Balaban J connectivity index is 1.34. The Bertz CT molecular complexity index is 1390. The Morgan fingerprint density at radius 3 is 2.51 bits per heavy atom. The highest BCUT2D eigenvalue weighted by Crippen LogP contribution is 2.35. The molecule has 1 saturated heterocycles. The third kappa shape index (κ3) is 5.75. The lowest BCUT2D eigenvalue weighted by molar-refractivity contribution is -0.746. The molecule has 3 amide bonds. The van der Waals surface area contributed by atoms with E-state index in [-0.39, 0.29) is 42.6 Å². The number of hydrogen-bond acceptors (Lipinski definition) is 7. The summed E-state index contributed by atoms with van der Waals surface area (Å²) in [4.78, 5) is 42.6. The second-order valence-electron chi connectivity index (χ2n) is 9.37. The summed E-state index contributed by atoms with van der Waals surface area (Å²) in [5, 5.41) is 9.90. The summed E-state index contributed by atoms with van der Waals surface area (Å²) in [6.07, 6.45) is 1.63. The second kappa shape index (κ2) is 11.2. The van der Waals surface area contributed by atoms with Crippen LogP contribution in [0.3, 0.4) is 0 Å². The fourth-order valence-corrected chi connectivity index (χ4v) is 4.87. The Morgan fingerprint density at radius 1 is 1.13 bits per heavy atom. The van der Waals surface area contributed by atoms with Gasteiger partial charge in [0.15, 0.2) is 12.2 Å². The molecule has 1 aliphatic heterocycles. The summed E-state index contributed by atoms with van der Waals surface area (Å²) < 4.78 is 12.3. The van der Waals surface area contributed by atoms with Gasteiger partial charge in [0.1, 0.15) is 18.3 Å². The number of thiocarbonyl (C=S) groups is 1. The van der Waals surface area contributed by atoms with E-state index in [4.69, 9.17) is 21.5 Å². The van der Waals surface area contributed by atoms with Gasteiger partial charge >= 0.3 is 5.88 Å². The molecule has 5 rings (SSSR count). The minimum atomic E-state index is -0.812. The van der Waals surface area contributed by atoms with Crippen molar-refractivity contribution in [2.45, 2.75) is 44.8 Å². The summed E-state index contributed by atoms with van der Waals surface area (Å²) in [5.74, 6) is -0.0491. The van der Waals surface area contributed by atoms with Gasteiger partial charge in [-0.25, -0.2) is 0 Å². The zero-order valence-electron chi connectivity index (χ0n) is 21.6. The van der Waals surface area contributed by atoms with Gasteiger partial charge in [-0.2, -0.15) is 0 Å². The molecule has 12 heteroatoms. The molecule has 1 aliphatic carbocycles. The number of hydrogen-bond donors (Lipinski definition) is 2. The number of carbonyl (C=O) groups is 3. The van der Waals surface area contributed by atoms with Crippen molar-refractivity contribution < 1.29 is 28.3 Å². The fourth-order valence-electron chi connectivity index (χ4n) is 4.44. The van der Waals surface area contributed by atoms with Gasteiger partial charge in [-0.1, -0.05) is 18.2 Å². The molecule has 1 atom stereocenters. The van der Waals surface area contributed by atoms with E-state index < -0.39 is 6.04 Å². The van der Waals surface area contributed by atoms with Crippen molar-refractivity contribution in [1.82, 2.24) is 15.1 Å². The fraction of sp³-hybridized carbons (Fsp3) is 0.333. The molecule has 202 valence electrons. The van der Waals surface area contributed by atoms with Gasteiger partial charge in [0.05, 0.1) is 13.0 Å². The molecule has 2 aliphatic rings. The van der Waals surface area contributed by atoms with Crippen LogP contribution in [0, 0.1) is 0 Å². The molecule has 2 fully saturated rings. The first-order chi connectivity index (χ1) is 18.9. The van der Waals surface area contributed by atoms with E-state index in [2.05, 4.69) is 15.9 Å². The Kier molecular flexibility index (Phi) is 7.55. The number of ether oxygens (including phenoxy) is 1. The summed E-state index contributed by atoms with van der Waals surface area (Å²) in [7, 11) is 1.67. The normalized spacial score (nSPS) is 16.9. The lowest BCUT2D eigenvalue weighted by Crippen LogP contribution is -2.43. The minimum absolute atomic E-state index is 0.0418. The zero-order valence-corrected chi connectivity index (χ0v) is 22.4. The van der Waals surface area contributed by atoms with Crippen LogP contribution < -0.4 is 20.1 Å². The van der Waals surface area contributed by atoms with Crippen LogP contribution in [0.5, 0.6) is 5.75 Å². The molecule has 2 aromatic carbocycles. The van der Waals surface area contributed by atoms with Gasteiger partial charge in [-0.3, -0.25) is 29.1 Å². The molecule has 2 heterocycles. The number of benzene rings is 2. The van der Waals surface area contributed by atoms with Crippen molar-refractivity contribution in [2.24, 2.45) is 7.05 Å². The first-order valence-corrected chi connectivity index (χ1v) is 13.1. The van der Waals surface area contributed by atoms with Gasteiger partial charge in [-0.15, -0.1) is 0 Å². The Hall–Kier alpha value is -4.32. The van der Waals surface area contributed by atoms with Crippen molar-refractivity contribution in [1.29, 1.82) is 0 Å². The van der Waals surface area contributed by atoms with E-state index in [1.165, 1.54) is 4.68 Å². The largest absolute Gasteiger partial charge is 0.494 e. The van der Waals surface area contributed by atoms with Crippen LogP contribution in [-0.4, -0.2) is 56.6 Å². The van der Waals surface area contributed by atoms with Crippen molar-refractivity contribution in [2.75, 3.05) is 17.2 Å². The summed E-state index contributed by atoms with van der Waals surface area (Å²) >= 11 is 5.72. The Morgan fingerprint density at radius 2 is 1.85 bits per heavy atom. The molecule has 1 aromatic heterocycles. The van der Waals surface area contributed by atoms with Crippen LogP contribution in [0.15, 0.2) is 59.1 Å². The van der Waals surface area contributed by atoms with Crippen LogP contribution in [0.4, 0.5) is 11.6 Å². The predicted octanol–water partition coefficient (Wildman–Crippen LogP) is 2.64. The molecule has 1 unspecified atom stereocenters. The molecule has 1 saturated carbocycles. The van der Waals surface area contributed by atoms with E-state index in [0.717, 1.165) is 12.8 Å². The number of nitrogens with one attached hydrogen (secondary N) is 2. The molecule has 11 nitrogen and oxygen atoms in total. The lowest BCUT2D eigenvalue weighted by Gasteiger charge is -2.22. The standard InChI is InChI=1S/C27H28N6O5S/c1-3-37-20-13-9-18(10-14-20)28-23(34)15-21-26(36)33(19-11-12-19)27(39)32(21)16-22-25(38-30-31(22)2)29-24(35)17-7-5-4-6-8-17/h4-10,13-14,19,21H,3,11-12,15-16H2,1-2H3,(H-,28,29,30,34,35)/p+1. The number of carbonyl (C=O) groups excluding carboxylic acids is 3. The number of aromatic nitrogens is 2. The van der Waals surface area contributed by atoms with Crippen molar-refractivity contribution in [3.8, 4) is 5.75 Å². The highest BCUT2D eigenvalue weighted by atomic mass is 32.1. The van der Waals surface area contributed by atoms with Crippen LogP contribution in [0.1, 0.15) is 42.2 Å². The predicted molar refractivity (Wildman–Crippen MR) is 145 cm³/mol. The van der Waals surface area contributed by atoms with Crippen LogP contribution in [0.2, 0.25) is 0 Å². The number of amides is 3. The number of nitrogens with zero attached hydrogens (tertiary/aromatic N) is 4. The van der Waals surface area contributed by atoms with E-state index >= 15 is 0 Å². The molecule has 0 radical (unpaired) electrons. The first kappa shape index (κ1) is 26.3. The lowest BCUT2D eigenvalue weighted by atomic mass is 10.1. The van der Waals surface area contributed by atoms with Crippen LogP contribution in [0.25, 0.3) is 0 Å². The SMILES string of the molecule is CCOc1ccc(NC(=O)CC2C(=O)N(C3CC3)C(=S)N2Cc2c(NC(=O)c3ccccc3)on[n+]2C)cc1. The highest BCUT2D eigenvalue weighted by Gasteiger charge is 2.50. The average molecular weight is 550 g/mol. The number of rotatable bonds is 10. The Labute approximate surface area is 230 Å².